The molecule has 0 saturated carbocycles. The van der Waals surface area contributed by atoms with Crippen LogP contribution in [0.3, 0.4) is 0 Å². The summed E-state index contributed by atoms with van der Waals surface area (Å²) in [5.41, 5.74) is 2.32. The van der Waals surface area contributed by atoms with Gasteiger partial charge in [-0.2, -0.15) is 0 Å². The number of nitrogens with zero attached hydrogens (tertiary/aromatic N) is 2. The first-order valence-corrected chi connectivity index (χ1v) is 5.55. The predicted octanol–water partition coefficient (Wildman–Crippen LogP) is 1.41. The fourth-order valence-corrected chi connectivity index (χ4v) is 2.15. The minimum atomic E-state index is -0.123. The maximum absolute atomic E-state index is 9.22. The van der Waals surface area contributed by atoms with E-state index in [0.29, 0.717) is 0 Å². The Bertz CT molecular complexity index is 506. The molecule has 0 radical (unpaired) electrons. The van der Waals surface area contributed by atoms with Crippen molar-refractivity contribution in [2.45, 2.75) is 12.6 Å². The maximum Gasteiger partial charge on any atom is 0.0794 e. The van der Waals surface area contributed by atoms with Crippen molar-refractivity contribution in [1.29, 1.82) is 0 Å². The van der Waals surface area contributed by atoms with E-state index >= 15 is 0 Å². The van der Waals surface area contributed by atoms with Gasteiger partial charge in [-0.1, -0.05) is 12.1 Å². The van der Waals surface area contributed by atoms with E-state index in [4.69, 9.17) is 0 Å². The maximum atomic E-state index is 9.22. The Hall–Kier alpha value is -1.45. The van der Waals surface area contributed by atoms with Crippen LogP contribution in [0.15, 0.2) is 36.5 Å². The second-order valence-electron chi connectivity index (χ2n) is 4.38. The zero-order chi connectivity index (χ0) is 11.0. The molecule has 0 atom stereocenters. The molecule has 0 bridgehead atoms. The fraction of sp³-hybridized carbons (Fsp3) is 0.308. The molecule has 0 aliphatic carbocycles. The molecular weight excluding hydrogens is 200 g/mol. The number of aliphatic hydroxyl groups excluding tert-OH is 1. The van der Waals surface area contributed by atoms with Crippen LogP contribution >= 0.6 is 0 Å². The summed E-state index contributed by atoms with van der Waals surface area (Å²) in [7, 11) is 0. The van der Waals surface area contributed by atoms with Crippen molar-refractivity contribution in [1.82, 2.24) is 9.88 Å². The van der Waals surface area contributed by atoms with Gasteiger partial charge in [-0.25, -0.2) is 0 Å². The normalized spacial score (nSPS) is 17.6. The van der Waals surface area contributed by atoms with Crippen molar-refractivity contribution >= 4 is 10.9 Å². The van der Waals surface area contributed by atoms with E-state index < -0.39 is 0 Å². The molecule has 3 heteroatoms. The summed E-state index contributed by atoms with van der Waals surface area (Å²) in [6.45, 7) is 2.51. The minimum Gasteiger partial charge on any atom is -0.390 e. The number of hydrogen-bond donors (Lipinski definition) is 1. The van der Waals surface area contributed by atoms with E-state index in [1.807, 2.05) is 12.3 Å². The van der Waals surface area contributed by atoms with Gasteiger partial charge in [-0.05, 0) is 23.8 Å². The van der Waals surface area contributed by atoms with Crippen molar-refractivity contribution in [3.8, 4) is 0 Å². The van der Waals surface area contributed by atoms with Gasteiger partial charge < -0.3 is 5.11 Å². The third-order valence-electron chi connectivity index (χ3n) is 3.01. The van der Waals surface area contributed by atoms with Crippen LogP contribution in [0.2, 0.25) is 0 Å². The number of aromatic nitrogens is 1. The van der Waals surface area contributed by atoms with Crippen LogP contribution in [0.1, 0.15) is 5.56 Å². The highest BCUT2D eigenvalue weighted by Gasteiger charge is 2.23. The molecule has 2 heterocycles. The summed E-state index contributed by atoms with van der Waals surface area (Å²) in [5.74, 6) is 0. The van der Waals surface area contributed by atoms with Crippen LogP contribution < -0.4 is 0 Å². The van der Waals surface area contributed by atoms with Crippen LogP contribution in [0.25, 0.3) is 10.9 Å². The number of pyridine rings is 1. The third-order valence-corrected chi connectivity index (χ3v) is 3.01. The van der Waals surface area contributed by atoms with Crippen molar-refractivity contribution in [2.24, 2.45) is 0 Å². The Morgan fingerprint density at radius 2 is 2.19 bits per heavy atom. The van der Waals surface area contributed by atoms with E-state index in [1.165, 1.54) is 10.9 Å². The zero-order valence-corrected chi connectivity index (χ0v) is 9.00. The molecule has 1 fully saturated rings. The molecule has 2 aromatic rings. The summed E-state index contributed by atoms with van der Waals surface area (Å²) in [6, 6.07) is 10.4. The van der Waals surface area contributed by atoms with Gasteiger partial charge in [0.1, 0.15) is 0 Å². The highest BCUT2D eigenvalue weighted by Crippen LogP contribution is 2.17. The molecular formula is C13H14N2O. The fourth-order valence-electron chi connectivity index (χ4n) is 2.15. The molecule has 0 spiro atoms. The third kappa shape index (κ3) is 1.79. The van der Waals surface area contributed by atoms with Gasteiger partial charge in [0.25, 0.3) is 0 Å². The standard InChI is InChI=1S/C13H14N2O/c16-12-8-15(9-12)7-10-3-4-13-11(6-10)2-1-5-14-13/h1-6,12,16H,7-9H2. The quantitative estimate of drug-likeness (QED) is 0.821. The highest BCUT2D eigenvalue weighted by atomic mass is 16.3. The molecule has 1 aliphatic heterocycles. The lowest BCUT2D eigenvalue weighted by atomic mass is 10.1. The van der Waals surface area contributed by atoms with Gasteiger partial charge in [-0.15, -0.1) is 0 Å². The number of hydrogen-bond acceptors (Lipinski definition) is 3. The molecule has 1 aliphatic rings. The van der Waals surface area contributed by atoms with Crippen LogP contribution in [-0.2, 0) is 6.54 Å². The molecule has 3 nitrogen and oxygen atoms in total. The van der Waals surface area contributed by atoms with Crippen LogP contribution in [0, 0.1) is 0 Å². The van der Waals surface area contributed by atoms with E-state index in [-0.39, 0.29) is 6.10 Å². The molecule has 82 valence electrons. The number of likely N-dealkylation sites (tertiary alicyclic amines) is 1. The molecule has 1 aromatic carbocycles. The molecule has 0 amide bonds. The highest BCUT2D eigenvalue weighted by molar-refractivity contribution is 5.78. The molecule has 1 N–H and O–H groups in total. The van der Waals surface area contributed by atoms with Crippen molar-refractivity contribution < 1.29 is 5.11 Å². The number of β-amino-alcohol motifs (C(OH)–C–C–N with tert-alkyl or cyclic N) is 1. The minimum absolute atomic E-state index is 0.123. The van der Waals surface area contributed by atoms with E-state index in [9.17, 15) is 5.11 Å². The number of aliphatic hydroxyl groups is 1. The Balaban J connectivity index is 1.82. The molecule has 1 aromatic heterocycles. The van der Waals surface area contributed by atoms with E-state index in [0.717, 1.165) is 25.2 Å². The molecule has 1 saturated heterocycles. The lowest BCUT2D eigenvalue weighted by molar-refractivity contribution is -0.00284. The number of fused-ring (bicyclic) bond motifs is 1. The first-order valence-electron chi connectivity index (χ1n) is 5.55. The van der Waals surface area contributed by atoms with Gasteiger partial charge in [0.05, 0.1) is 11.6 Å². The van der Waals surface area contributed by atoms with Gasteiger partial charge >= 0.3 is 0 Å². The summed E-state index contributed by atoms with van der Waals surface area (Å²) < 4.78 is 0. The van der Waals surface area contributed by atoms with Crippen LogP contribution in [-0.4, -0.2) is 34.2 Å². The first-order chi connectivity index (χ1) is 7.81. The van der Waals surface area contributed by atoms with Gasteiger partial charge in [0.15, 0.2) is 0 Å². The molecule has 16 heavy (non-hydrogen) atoms. The Morgan fingerprint density at radius 3 is 3.00 bits per heavy atom. The van der Waals surface area contributed by atoms with Crippen molar-refractivity contribution in [3.05, 3.63) is 42.1 Å². The van der Waals surface area contributed by atoms with Crippen molar-refractivity contribution in [2.75, 3.05) is 13.1 Å². The van der Waals surface area contributed by atoms with E-state index in [1.54, 1.807) is 0 Å². The average Bonchev–Trinajstić information content (AvgIpc) is 2.27. The molecule has 3 rings (SSSR count). The second-order valence-corrected chi connectivity index (χ2v) is 4.38. The molecule has 0 unspecified atom stereocenters. The lowest BCUT2D eigenvalue weighted by Gasteiger charge is -2.35. The van der Waals surface area contributed by atoms with Gasteiger partial charge in [0, 0.05) is 31.2 Å². The summed E-state index contributed by atoms with van der Waals surface area (Å²) in [6.07, 6.45) is 1.69. The Labute approximate surface area is 94.3 Å². The lowest BCUT2D eigenvalue weighted by Crippen LogP contribution is -2.49. The SMILES string of the molecule is OC1CN(Cc2ccc3ncccc3c2)C1. The largest absolute Gasteiger partial charge is 0.390 e. The van der Waals surface area contributed by atoms with Gasteiger partial charge in [0.2, 0.25) is 0 Å². The summed E-state index contributed by atoms with van der Waals surface area (Å²) in [4.78, 5) is 6.53. The topological polar surface area (TPSA) is 36.4 Å². The van der Waals surface area contributed by atoms with Crippen LogP contribution in [0.4, 0.5) is 0 Å². The Kier molecular flexibility index (Phi) is 2.35. The average molecular weight is 214 g/mol. The Morgan fingerprint density at radius 1 is 1.31 bits per heavy atom. The van der Waals surface area contributed by atoms with Gasteiger partial charge in [-0.3, -0.25) is 9.88 Å². The zero-order valence-electron chi connectivity index (χ0n) is 9.00. The van der Waals surface area contributed by atoms with E-state index in [2.05, 4.69) is 34.1 Å². The predicted molar refractivity (Wildman–Crippen MR) is 63.0 cm³/mol. The van der Waals surface area contributed by atoms with Crippen molar-refractivity contribution in [3.63, 3.8) is 0 Å². The smallest absolute Gasteiger partial charge is 0.0794 e. The second kappa shape index (κ2) is 3.85. The van der Waals surface area contributed by atoms with Crippen LogP contribution in [0.5, 0.6) is 0 Å². The first kappa shape index (κ1) is 9.75. The summed E-state index contributed by atoms with van der Waals surface area (Å²) in [5, 5.41) is 10.4. The number of benzene rings is 1. The summed E-state index contributed by atoms with van der Waals surface area (Å²) >= 11 is 0. The number of rotatable bonds is 2. The monoisotopic (exact) mass is 214 g/mol.